The third-order valence-corrected chi connectivity index (χ3v) is 3.79. The van der Waals surface area contributed by atoms with Gasteiger partial charge in [0.2, 0.25) is 5.90 Å². The van der Waals surface area contributed by atoms with Crippen molar-refractivity contribution in [3.63, 3.8) is 0 Å². The Kier molecular flexibility index (Phi) is 5.37. The van der Waals surface area contributed by atoms with Gasteiger partial charge in [0.05, 0.1) is 5.75 Å². The minimum Gasteiger partial charge on any atom is -0.468 e. The molecule has 1 aromatic carbocycles. The first-order valence-electron chi connectivity index (χ1n) is 5.76. The van der Waals surface area contributed by atoms with Crippen LogP contribution in [0.15, 0.2) is 29.3 Å². The predicted molar refractivity (Wildman–Crippen MR) is 77.4 cm³/mol. The number of benzene rings is 1. The van der Waals surface area contributed by atoms with Gasteiger partial charge in [0, 0.05) is 0 Å². The maximum atomic E-state index is 13.0. The SMILES string of the molecule is O=S(O)Cc1ccc(C2OC(C(Cl)Cl)=NC2CF)cc1. The lowest BCUT2D eigenvalue weighted by molar-refractivity contribution is 0.178. The monoisotopic (exact) mass is 339 g/mol. The third-order valence-electron chi connectivity index (χ3n) is 2.83. The number of alkyl halides is 3. The van der Waals surface area contributed by atoms with Crippen LogP contribution in [0.2, 0.25) is 0 Å². The van der Waals surface area contributed by atoms with E-state index in [2.05, 4.69) is 4.99 Å². The molecule has 0 radical (unpaired) electrons. The topological polar surface area (TPSA) is 58.9 Å². The number of hydrogen-bond acceptors (Lipinski definition) is 3. The van der Waals surface area contributed by atoms with Crippen molar-refractivity contribution in [2.24, 2.45) is 4.99 Å². The zero-order valence-corrected chi connectivity index (χ0v) is 12.5. The first-order chi connectivity index (χ1) is 9.51. The summed E-state index contributed by atoms with van der Waals surface area (Å²) in [6.07, 6.45) is -0.580. The van der Waals surface area contributed by atoms with Crippen LogP contribution in [0.4, 0.5) is 4.39 Å². The van der Waals surface area contributed by atoms with E-state index in [4.69, 9.17) is 32.5 Å². The smallest absolute Gasteiger partial charge is 0.218 e. The summed E-state index contributed by atoms with van der Waals surface area (Å²) < 4.78 is 38.0. The zero-order chi connectivity index (χ0) is 14.7. The summed E-state index contributed by atoms with van der Waals surface area (Å²) in [5.41, 5.74) is 1.42. The number of aliphatic imine (C=N–C) groups is 1. The van der Waals surface area contributed by atoms with Crippen LogP contribution in [0.3, 0.4) is 0 Å². The fourth-order valence-electron chi connectivity index (χ4n) is 1.93. The van der Waals surface area contributed by atoms with Gasteiger partial charge in [0.1, 0.15) is 12.7 Å². The molecule has 2 rings (SSSR count). The van der Waals surface area contributed by atoms with E-state index in [1.54, 1.807) is 24.3 Å². The first kappa shape index (κ1) is 15.7. The Hall–Kier alpha value is -0.690. The highest BCUT2D eigenvalue weighted by atomic mass is 35.5. The van der Waals surface area contributed by atoms with Gasteiger partial charge in [-0.25, -0.2) is 13.6 Å². The molecule has 0 bridgehead atoms. The predicted octanol–water partition coefficient (Wildman–Crippen LogP) is 3.02. The van der Waals surface area contributed by atoms with Gasteiger partial charge in [-0.3, -0.25) is 0 Å². The van der Waals surface area contributed by atoms with Crippen LogP contribution < -0.4 is 0 Å². The fraction of sp³-hybridized carbons (Fsp3) is 0.417. The molecule has 0 amide bonds. The lowest BCUT2D eigenvalue weighted by Crippen LogP contribution is -2.16. The molecule has 0 aromatic heterocycles. The van der Waals surface area contributed by atoms with E-state index < -0.39 is 34.7 Å². The molecule has 1 aliphatic rings. The molecule has 4 nitrogen and oxygen atoms in total. The Balaban J connectivity index is 2.14. The largest absolute Gasteiger partial charge is 0.468 e. The number of ether oxygens (including phenoxy) is 1. The molecule has 20 heavy (non-hydrogen) atoms. The molecule has 1 aromatic rings. The summed E-state index contributed by atoms with van der Waals surface area (Å²) in [6.45, 7) is -0.683. The van der Waals surface area contributed by atoms with Crippen molar-refractivity contribution in [1.29, 1.82) is 0 Å². The van der Waals surface area contributed by atoms with Gasteiger partial charge in [-0.1, -0.05) is 47.5 Å². The molecule has 110 valence electrons. The van der Waals surface area contributed by atoms with Gasteiger partial charge in [0.15, 0.2) is 22.0 Å². The summed E-state index contributed by atoms with van der Waals surface area (Å²) in [5, 5.41) is 0. The van der Waals surface area contributed by atoms with Crippen molar-refractivity contribution >= 4 is 40.2 Å². The van der Waals surface area contributed by atoms with Crippen molar-refractivity contribution in [3.05, 3.63) is 35.4 Å². The Labute approximate surface area is 128 Å². The van der Waals surface area contributed by atoms with Gasteiger partial charge < -0.3 is 9.29 Å². The highest BCUT2D eigenvalue weighted by molar-refractivity contribution is 7.78. The van der Waals surface area contributed by atoms with Crippen molar-refractivity contribution in [2.45, 2.75) is 22.7 Å². The van der Waals surface area contributed by atoms with Gasteiger partial charge in [-0.05, 0) is 11.1 Å². The molecule has 1 N–H and O–H groups in total. The highest BCUT2D eigenvalue weighted by Gasteiger charge is 2.34. The summed E-state index contributed by atoms with van der Waals surface area (Å²) in [4.78, 5) is 3.08. The second-order valence-corrected chi connectivity index (χ2v) is 6.26. The standard InChI is InChI=1S/C12H12Cl2FNO3S/c13-11(14)12-16-9(5-15)10(19-12)8-3-1-7(2-4-8)6-20(17)18/h1-4,9-11H,5-6H2,(H,17,18). The lowest BCUT2D eigenvalue weighted by atomic mass is 10.0. The maximum Gasteiger partial charge on any atom is 0.218 e. The second-order valence-electron chi connectivity index (χ2n) is 4.24. The van der Waals surface area contributed by atoms with Gasteiger partial charge in [-0.2, -0.15) is 0 Å². The average Bonchev–Trinajstić information content (AvgIpc) is 2.83. The van der Waals surface area contributed by atoms with Crippen molar-refractivity contribution in [1.82, 2.24) is 0 Å². The molecular formula is C12H12Cl2FNO3S. The van der Waals surface area contributed by atoms with E-state index in [9.17, 15) is 8.60 Å². The van der Waals surface area contributed by atoms with Crippen LogP contribution >= 0.6 is 23.2 Å². The molecule has 0 aliphatic carbocycles. The third kappa shape index (κ3) is 3.69. The molecule has 0 saturated heterocycles. The fourth-order valence-corrected chi connectivity index (χ4v) is 2.62. The minimum atomic E-state index is -1.89. The Morgan fingerprint density at radius 3 is 2.55 bits per heavy atom. The molecule has 1 heterocycles. The van der Waals surface area contributed by atoms with E-state index in [1.807, 2.05) is 0 Å². The van der Waals surface area contributed by atoms with E-state index in [1.165, 1.54) is 0 Å². The maximum absolute atomic E-state index is 13.0. The van der Waals surface area contributed by atoms with Crippen molar-refractivity contribution in [2.75, 3.05) is 6.67 Å². The quantitative estimate of drug-likeness (QED) is 0.662. The molecule has 3 atom stereocenters. The molecular weight excluding hydrogens is 328 g/mol. The Morgan fingerprint density at radius 2 is 2.05 bits per heavy atom. The molecule has 0 spiro atoms. The normalized spacial score (nSPS) is 23.6. The molecule has 0 fully saturated rings. The minimum absolute atomic E-state index is 0.0472. The van der Waals surface area contributed by atoms with E-state index >= 15 is 0 Å². The second kappa shape index (κ2) is 6.85. The Bertz CT molecular complexity index is 524. The van der Waals surface area contributed by atoms with E-state index in [-0.39, 0.29) is 11.7 Å². The van der Waals surface area contributed by atoms with Crippen LogP contribution in [-0.2, 0) is 21.6 Å². The number of halogens is 3. The van der Waals surface area contributed by atoms with Gasteiger partial charge >= 0.3 is 0 Å². The average molecular weight is 340 g/mol. The van der Waals surface area contributed by atoms with Crippen molar-refractivity contribution in [3.8, 4) is 0 Å². The summed E-state index contributed by atoms with van der Waals surface area (Å²) in [5.74, 6) is 0.160. The first-order valence-corrected chi connectivity index (χ1v) is 7.91. The van der Waals surface area contributed by atoms with Crippen LogP contribution in [-0.4, -0.2) is 32.2 Å². The molecule has 8 heteroatoms. The number of hydrogen-bond donors (Lipinski definition) is 1. The lowest BCUT2D eigenvalue weighted by Gasteiger charge is -2.16. The molecule has 0 saturated carbocycles. The summed E-state index contributed by atoms with van der Waals surface area (Å²) in [7, 11) is 0. The van der Waals surface area contributed by atoms with Crippen LogP contribution in [0, 0.1) is 0 Å². The van der Waals surface area contributed by atoms with E-state index in [0.29, 0.717) is 11.1 Å². The molecule has 1 aliphatic heterocycles. The zero-order valence-electron chi connectivity index (χ0n) is 10.2. The number of rotatable bonds is 5. The van der Waals surface area contributed by atoms with Crippen molar-refractivity contribution < 1.29 is 17.9 Å². The summed E-state index contributed by atoms with van der Waals surface area (Å²) >= 11 is 9.44. The Morgan fingerprint density at radius 1 is 1.40 bits per heavy atom. The van der Waals surface area contributed by atoms with Gasteiger partial charge in [0.25, 0.3) is 0 Å². The van der Waals surface area contributed by atoms with Crippen LogP contribution in [0.5, 0.6) is 0 Å². The summed E-state index contributed by atoms with van der Waals surface area (Å²) in [6, 6.07) is 6.14. The van der Waals surface area contributed by atoms with Gasteiger partial charge in [-0.15, -0.1) is 0 Å². The highest BCUT2D eigenvalue weighted by Crippen LogP contribution is 2.32. The number of nitrogens with zero attached hydrogens (tertiary/aromatic N) is 1. The van der Waals surface area contributed by atoms with E-state index in [0.717, 1.165) is 0 Å². The molecule has 3 unspecified atom stereocenters. The van der Waals surface area contributed by atoms with Crippen LogP contribution in [0.25, 0.3) is 0 Å². The van der Waals surface area contributed by atoms with Crippen LogP contribution in [0.1, 0.15) is 17.2 Å².